The minimum Gasteiger partial charge on any atom is -0.382 e. The van der Waals surface area contributed by atoms with Gasteiger partial charge >= 0.3 is 0 Å². The highest BCUT2D eigenvalue weighted by molar-refractivity contribution is 6.29. The zero-order valence-electron chi connectivity index (χ0n) is 7.18. The van der Waals surface area contributed by atoms with Gasteiger partial charge in [-0.25, -0.2) is 0 Å². The van der Waals surface area contributed by atoms with Crippen molar-refractivity contribution in [2.45, 2.75) is 0 Å². The predicted molar refractivity (Wildman–Crippen MR) is 54.7 cm³/mol. The van der Waals surface area contributed by atoms with Crippen molar-refractivity contribution in [2.75, 3.05) is 5.73 Å². The Kier molecular flexibility index (Phi) is 2.28. The molecule has 0 saturated carbocycles. The quantitative estimate of drug-likeness (QED) is 0.773. The third-order valence-electron chi connectivity index (χ3n) is 1.78. The fraction of sp³-hybridized carbons (Fsp3) is 0. The maximum absolute atomic E-state index is 5.72. The van der Waals surface area contributed by atoms with Gasteiger partial charge in [-0.2, -0.15) is 0 Å². The molecule has 0 spiro atoms. The molecule has 4 nitrogen and oxygen atoms in total. The summed E-state index contributed by atoms with van der Waals surface area (Å²) in [5.74, 6) is 0.362. The molecular formula is C9H7ClN4. The van der Waals surface area contributed by atoms with E-state index < -0.39 is 0 Å². The molecular weight excluding hydrogens is 200 g/mol. The number of nitrogens with zero attached hydrogens (tertiary/aromatic N) is 3. The summed E-state index contributed by atoms with van der Waals surface area (Å²) in [6.45, 7) is 0. The summed E-state index contributed by atoms with van der Waals surface area (Å²) in [6, 6.07) is 5.35. The van der Waals surface area contributed by atoms with E-state index in [1.807, 2.05) is 12.1 Å². The van der Waals surface area contributed by atoms with Crippen molar-refractivity contribution in [3.63, 3.8) is 0 Å². The number of hydrogen-bond donors (Lipinski definition) is 1. The van der Waals surface area contributed by atoms with Crippen LogP contribution in [0, 0.1) is 0 Å². The van der Waals surface area contributed by atoms with Crippen molar-refractivity contribution >= 4 is 17.4 Å². The zero-order valence-corrected chi connectivity index (χ0v) is 7.94. The van der Waals surface area contributed by atoms with Crippen LogP contribution in [0.2, 0.25) is 5.15 Å². The van der Waals surface area contributed by atoms with E-state index >= 15 is 0 Å². The highest BCUT2D eigenvalue weighted by atomic mass is 35.5. The Morgan fingerprint density at radius 2 is 1.86 bits per heavy atom. The fourth-order valence-electron chi connectivity index (χ4n) is 1.14. The van der Waals surface area contributed by atoms with Gasteiger partial charge in [-0.15, -0.1) is 10.2 Å². The molecule has 5 heteroatoms. The summed E-state index contributed by atoms with van der Waals surface area (Å²) in [7, 11) is 0. The smallest absolute Gasteiger partial charge is 0.154 e. The average Bonchev–Trinajstić information content (AvgIpc) is 2.23. The van der Waals surface area contributed by atoms with Crippen LogP contribution in [0.15, 0.2) is 30.6 Å². The first-order valence-electron chi connectivity index (χ1n) is 3.96. The number of rotatable bonds is 1. The number of aromatic nitrogens is 3. The Morgan fingerprint density at radius 3 is 2.57 bits per heavy atom. The first-order chi connectivity index (χ1) is 6.77. The van der Waals surface area contributed by atoms with E-state index in [1.165, 1.54) is 0 Å². The normalized spacial score (nSPS) is 10.1. The van der Waals surface area contributed by atoms with Crippen LogP contribution in [0.3, 0.4) is 0 Å². The second-order valence-electron chi connectivity index (χ2n) is 2.70. The number of nitrogen functional groups attached to an aromatic ring is 1. The van der Waals surface area contributed by atoms with E-state index in [0.717, 1.165) is 11.1 Å². The van der Waals surface area contributed by atoms with E-state index in [2.05, 4.69) is 15.2 Å². The first kappa shape index (κ1) is 8.90. The van der Waals surface area contributed by atoms with Crippen molar-refractivity contribution < 1.29 is 0 Å². The van der Waals surface area contributed by atoms with E-state index in [1.54, 1.807) is 18.5 Å². The van der Waals surface area contributed by atoms with Crippen molar-refractivity contribution in [3.05, 3.63) is 35.7 Å². The van der Waals surface area contributed by atoms with E-state index in [4.69, 9.17) is 17.3 Å². The van der Waals surface area contributed by atoms with Crippen LogP contribution in [0.4, 0.5) is 5.82 Å². The number of anilines is 1. The topological polar surface area (TPSA) is 64.7 Å². The molecule has 0 saturated heterocycles. The Labute approximate surface area is 85.8 Å². The molecule has 0 fully saturated rings. The molecule has 0 bridgehead atoms. The molecule has 2 aromatic rings. The highest BCUT2D eigenvalue weighted by Crippen LogP contribution is 2.24. The largest absolute Gasteiger partial charge is 0.382 e. The minimum atomic E-state index is 0.325. The molecule has 2 N–H and O–H groups in total. The van der Waals surface area contributed by atoms with Crippen molar-refractivity contribution in [1.82, 2.24) is 15.2 Å². The molecule has 0 unspecified atom stereocenters. The fourth-order valence-corrected chi connectivity index (χ4v) is 1.29. The summed E-state index contributed by atoms with van der Waals surface area (Å²) >= 11 is 5.72. The Morgan fingerprint density at radius 1 is 1.14 bits per heavy atom. The van der Waals surface area contributed by atoms with Gasteiger partial charge in [0, 0.05) is 18.0 Å². The monoisotopic (exact) mass is 206 g/mol. The molecule has 0 amide bonds. The summed E-state index contributed by atoms with van der Waals surface area (Å²) in [4.78, 5) is 3.91. The van der Waals surface area contributed by atoms with Crippen LogP contribution < -0.4 is 5.73 Å². The summed E-state index contributed by atoms with van der Waals surface area (Å²) in [5, 5.41) is 7.70. The zero-order chi connectivity index (χ0) is 9.97. The Hall–Kier alpha value is -1.68. The summed E-state index contributed by atoms with van der Waals surface area (Å²) in [6.07, 6.45) is 3.37. The molecule has 0 radical (unpaired) electrons. The molecule has 0 aromatic carbocycles. The lowest BCUT2D eigenvalue weighted by atomic mass is 10.1. The SMILES string of the molecule is Nc1nnc(Cl)cc1-c1ccncc1. The second kappa shape index (κ2) is 3.59. The minimum absolute atomic E-state index is 0.325. The predicted octanol–water partition coefficient (Wildman–Crippen LogP) is 1.77. The maximum Gasteiger partial charge on any atom is 0.154 e. The van der Waals surface area contributed by atoms with Gasteiger partial charge in [0.25, 0.3) is 0 Å². The molecule has 0 aliphatic rings. The summed E-state index contributed by atoms with van der Waals surface area (Å²) < 4.78 is 0. The molecule has 0 atom stereocenters. The van der Waals surface area contributed by atoms with E-state index in [9.17, 15) is 0 Å². The van der Waals surface area contributed by atoms with Crippen LogP contribution in [0.25, 0.3) is 11.1 Å². The number of pyridine rings is 1. The van der Waals surface area contributed by atoms with Gasteiger partial charge in [-0.1, -0.05) is 11.6 Å². The van der Waals surface area contributed by atoms with Crippen LogP contribution in [-0.4, -0.2) is 15.2 Å². The third-order valence-corrected chi connectivity index (χ3v) is 1.97. The average molecular weight is 207 g/mol. The lowest BCUT2D eigenvalue weighted by Gasteiger charge is -2.03. The third kappa shape index (κ3) is 1.65. The lowest BCUT2D eigenvalue weighted by Crippen LogP contribution is -1.96. The molecule has 2 heterocycles. The second-order valence-corrected chi connectivity index (χ2v) is 3.09. The van der Waals surface area contributed by atoms with Gasteiger partial charge < -0.3 is 5.73 Å². The lowest BCUT2D eigenvalue weighted by molar-refractivity contribution is 1.04. The van der Waals surface area contributed by atoms with Crippen molar-refractivity contribution in [3.8, 4) is 11.1 Å². The molecule has 70 valence electrons. The maximum atomic E-state index is 5.72. The molecule has 2 aromatic heterocycles. The van der Waals surface area contributed by atoms with Crippen LogP contribution >= 0.6 is 11.6 Å². The number of nitrogens with two attached hydrogens (primary N) is 1. The summed E-state index contributed by atoms with van der Waals surface area (Å²) in [5.41, 5.74) is 7.36. The van der Waals surface area contributed by atoms with E-state index in [0.29, 0.717) is 11.0 Å². The highest BCUT2D eigenvalue weighted by Gasteiger charge is 2.04. The van der Waals surface area contributed by atoms with E-state index in [-0.39, 0.29) is 0 Å². The van der Waals surface area contributed by atoms with Gasteiger partial charge in [0.05, 0.1) is 0 Å². The van der Waals surface area contributed by atoms with Crippen molar-refractivity contribution in [2.24, 2.45) is 0 Å². The Balaban J connectivity index is 2.57. The van der Waals surface area contributed by atoms with Gasteiger partial charge in [-0.05, 0) is 23.8 Å². The van der Waals surface area contributed by atoms with Gasteiger partial charge in [0.1, 0.15) is 0 Å². The number of halogens is 1. The van der Waals surface area contributed by atoms with Crippen molar-refractivity contribution in [1.29, 1.82) is 0 Å². The van der Waals surface area contributed by atoms with Crippen LogP contribution in [-0.2, 0) is 0 Å². The molecule has 14 heavy (non-hydrogen) atoms. The van der Waals surface area contributed by atoms with Gasteiger partial charge in [-0.3, -0.25) is 4.98 Å². The van der Waals surface area contributed by atoms with Gasteiger partial charge in [0.15, 0.2) is 11.0 Å². The van der Waals surface area contributed by atoms with Crippen LogP contribution in [0.1, 0.15) is 0 Å². The molecule has 0 aliphatic heterocycles. The molecule has 0 aliphatic carbocycles. The number of hydrogen-bond acceptors (Lipinski definition) is 4. The Bertz CT molecular complexity index is 444. The van der Waals surface area contributed by atoms with Crippen LogP contribution in [0.5, 0.6) is 0 Å². The first-order valence-corrected chi connectivity index (χ1v) is 4.34. The van der Waals surface area contributed by atoms with Gasteiger partial charge in [0.2, 0.25) is 0 Å². The standard InChI is InChI=1S/C9H7ClN4/c10-8-5-7(9(11)14-13-8)6-1-3-12-4-2-6/h1-5H,(H2,11,14). The molecule has 2 rings (SSSR count).